The van der Waals surface area contributed by atoms with Crippen LogP contribution in [-0.2, 0) is 20.8 Å². The van der Waals surface area contributed by atoms with Gasteiger partial charge in [-0.1, -0.05) is 18.2 Å². The third kappa shape index (κ3) is 8.78. The Labute approximate surface area is 287 Å². The first-order valence-electron chi connectivity index (χ1n) is 15.6. The number of rotatable bonds is 12. The summed E-state index contributed by atoms with van der Waals surface area (Å²) < 4.78 is 53.2. The van der Waals surface area contributed by atoms with Crippen molar-refractivity contribution in [3.05, 3.63) is 83.8 Å². The van der Waals surface area contributed by atoms with Gasteiger partial charge in [-0.05, 0) is 52.8 Å². The fourth-order valence-electron chi connectivity index (χ4n) is 4.83. The minimum absolute atomic E-state index is 0.0956. The van der Waals surface area contributed by atoms with E-state index in [-0.39, 0.29) is 36.9 Å². The van der Waals surface area contributed by atoms with E-state index in [0.717, 1.165) is 23.5 Å². The second-order valence-electron chi connectivity index (χ2n) is 12.2. The van der Waals surface area contributed by atoms with Crippen LogP contribution in [0, 0.1) is 18.6 Å². The Balaban J connectivity index is 1.28. The molecular formula is C35H37F2N7O6. The van der Waals surface area contributed by atoms with E-state index in [9.17, 15) is 9.59 Å². The lowest BCUT2D eigenvalue weighted by Gasteiger charge is -2.21. The smallest absolute Gasteiger partial charge is 0.408 e. The number of nitrogens with zero attached hydrogens (tertiary/aromatic N) is 5. The molecule has 0 bridgehead atoms. The van der Waals surface area contributed by atoms with Crippen molar-refractivity contribution in [3.63, 3.8) is 0 Å². The maximum Gasteiger partial charge on any atom is 0.408 e. The summed E-state index contributed by atoms with van der Waals surface area (Å²) in [5, 5.41) is 10.9. The molecule has 0 fully saturated rings. The molecule has 13 nitrogen and oxygen atoms in total. The molecule has 1 atom stereocenters. The Morgan fingerprint density at radius 3 is 2.46 bits per heavy atom. The zero-order valence-corrected chi connectivity index (χ0v) is 28.4. The molecule has 3 aromatic heterocycles. The number of benzene rings is 2. The maximum absolute atomic E-state index is 15.3. The van der Waals surface area contributed by atoms with Crippen LogP contribution in [0.25, 0.3) is 22.4 Å². The monoisotopic (exact) mass is 689 g/mol. The van der Waals surface area contributed by atoms with E-state index < -0.39 is 35.3 Å². The highest BCUT2D eigenvalue weighted by molar-refractivity contribution is 5.92. The first-order chi connectivity index (χ1) is 23.8. The maximum atomic E-state index is 15.3. The summed E-state index contributed by atoms with van der Waals surface area (Å²) in [6.07, 6.45) is 2.43. The van der Waals surface area contributed by atoms with Gasteiger partial charge in [-0.25, -0.2) is 28.3 Å². The number of hydrogen-bond acceptors (Lipinski definition) is 11. The average molecular weight is 690 g/mol. The number of aryl methyl sites for hydroxylation is 1. The van der Waals surface area contributed by atoms with Gasteiger partial charge >= 0.3 is 12.1 Å². The lowest BCUT2D eigenvalue weighted by atomic mass is 10.1. The van der Waals surface area contributed by atoms with Gasteiger partial charge in [0.15, 0.2) is 17.4 Å². The van der Waals surface area contributed by atoms with Gasteiger partial charge in [-0.2, -0.15) is 5.10 Å². The molecule has 2 N–H and O–H groups in total. The van der Waals surface area contributed by atoms with Crippen LogP contribution in [0.15, 0.2) is 60.9 Å². The third-order valence-corrected chi connectivity index (χ3v) is 7.11. The number of fused-ring (bicyclic) bond motifs is 1. The molecule has 5 rings (SSSR count). The van der Waals surface area contributed by atoms with E-state index in [1.807, 2.05) is 25.1 Å². The molecule has 3 heterocycles. The van der Waals surface area contributed by atoms with Gasteiger partial charge in [0.25, 0.3) is 0 Å². The molecule has 50 heavy (non-hydrogen) atoms. The quantitative estimate of drug-likeness (QED) is 0.115. The Morgan fingerprint density at radius 2 is 1.76 bits per heavy atom. The highest BCUT2D eigenvalue weighted by Crippen LogP contribution is 2.32. The summed E-state index contributed by atoms with van der Waals surface area (Å²) in [5.41, 5.74) is 1.61. The van der Waals surface area contributed by atoms with Crippen LogP contribution in [0.4, 0.5) is 25.1 Å². The summed E-state index contributed by atoms with van der Waals surface area (Å²) in [7, 11) is 1.51. The molecule has 0 aliphatic carbocycles. The van der Waals surface area contributed by atoms with Crippen LogP contribution in [-0.4, -0.2) is 68.8 Å². The topological polar surface area (TPSA) is 152 Å². The third-order valence-electron chi connectivity index (χ3n) is 7.11. The lowest BCUT2D eigenvalue weighted by Crippen LogP contribution is -2.42. The average Bonchev–Trinajstić information content (AvgIpc) is 3.42. The second kappa shape index (κ2) is 15.1. The number of pyridine rings is 1. The van der Waals surface area contributed by atoms with E-state index in [4.69, 9.17) is 18.9 Å². The molecule has 0 spiro atoms. The van der Waals surface area contributed by atoms with Crippen molar-refractivity contribution >= 4 is 34.5 Å². The van der Waals surface area contributed by atoms with E-state index in [2.05, 4.69) is 30.7 Å². The molecule has 0 unspecified atom stereocenters. The Kier molecular flexibility index (Phi) is 10.7. The van der Waals surface area contributed by atoms with Crippen molar-refractivity contribution in [1.82, 2.24) is 30.0 Å². The molecule has 1 amide bonds. The van der Waals surface area contributed by atoms with Crippen molar-refractivity contribution in [2.24, 2.45) is 0 Å². The Morgan fingerprint density at radius 1 is 1.02 bits per heavy atom. The van der Waals surface area contributed by atoms with Crippen molar-refractivity contribution in [2.75, 3.05) is 25.6 Å². The molecule has 0 aliphatic rings. The van der Waals surface area contributed by atoms with Crippen molar-refractivity contribution in [2.45, 2.75) is 52.8 Å². The SMILES string of the molecule is COc1cnc(-c2nn(Cc3c(F)cc(OCCOC(=O)[C@H](C)NC(=O)OC(C)(C)C)cc3F)c3ccccc23)nc1Nc1ccnc(C)c1. The summed E-state index contributed by atoms with van der Waals surface area (Å²) in [6.45, 7) is 7.74. The number of alkyl carbamates (subject to hydrolysis) is 1. The molecule has 2 aromatic carbocycles. The highest BCUT2D eigenvalue weighted by atomic mass is 19.1. The van der Waals surface area contributed by atoms with Gasteiger partial charge in [0, 0.05) is 40.7 Å². The summed E-state index contributed by atoms with van der Waals surface area (Å²) in [5.74, 6) is -1.45. The van der Waals surface area contributed by atoms with Crippen LogP contribution >= 0.6 is 0 Å². The standard InChI is InChI=1S/C35H37F2N7O6/c1-20-15-22(11-12-38-20)41-31-29(47-6)18-39-32(42-31)30-24-9-7-8-10-28(24)44(43-30)19-25-26(36)16-23(17-27(25)37)48-13-14-49-33(45)21(2)40-34(46)50-35(3,4)5/h7-12,15-18,21H,13-14,19H2,1-6H3,(H,40,46)(H,38,39,41,42)/t21-/m0/s1. The van der Waals surface area contributed by atoms with Crippen molar-refractivity contribution in [1.29, 1.82) is 0 Å². The number of nitrogens with one attached hydrogen (secondary N) is 2. The number of aromatic nitrogens is 5. The van der Waals surface area contributed by atoms with Gasteiger partial charge in [-0.15, -0.1) is 0 Å². The van der Waals surface area contributed by atoms with Crippen molar-refractivity contribution < 1.29 is 37.3 Å². The lowest BCUT2D eigenvalue weighted by molar-refractivity contribution is -0.146. The fraction of sp³-hybridized carbons (Fsp3) is 0.314. The van der Waals surface area contributed by atoms with E-state index >= 15 is 8.78 Å². The summed E-state index contributed by atoms with van der Waals surface area (Å²) in [4.78, 5) is 37.4. The molecule has 0 saturated heterocycles. The van der Waals surface area contributed by atoms with E-state index in [1.54, 1.807) is 45.2 Å². The molecule has 5 aromatic rings. The van der Waals surface area contributed by atoms with Gasteiger partial charge in [0.1, 0.15) is 47.9 Å². The number of ether oxygens (including phenoxy) is 4. The van der Waals surface area contributed by atoms with E-state index in [1.165, 1.54) is 24.9 Å². The molecular weight excluding hydrogens is 652 g/mol. The van der Waals surface area contributed by atoms with Crippen LogP contribution in [0.5, 0.6) is 11.5 Å². The zero-order chi connectivity index (χ0) is 36.0. The van der Waals surface area contributed by atoms with Gasteiger partial charge in [-0.3, -0.25) is 9.67 Å². The number of esters is 1. The number of carbonyl (C=O) groups excluding carboxylic acids is 2. The van der Waals surface area contributed by atoms with Gasteiger partial charge in [0.2, 0.25) is 0 Å². The van der Waals surface area contributed by atoms with Crippen LogP contribution in [0.3, 0.4) is 0 Å². The minimum Gasteiger partial charge on any atom is -0.491 e. The fourth-order valence-corrected chi connectivity index (χ4v) is 4.83. The summed E-state index contributed by atoms with van der Waals surface area (Å²) in [6, 6.07) is 12.0. The minimum atomic E-state index is -0.982. The van der Waals surface area contributed by atoms with Crippen LogP contribution < -0.4 is 20.1 Å². The van der Waals surface area contributed by atoms with Crippen molar-refractivity contribution in [3.8, 4) is 23.0 Å². The normalized spacial score (nSPS) is 11.9. The number of carbonyl (C=O) groups is 2. The van der Waals surface area contributed by atoms with Gasteiger partial charge < -0.3 is 29.6 Å². The molecule has 0 aliphatic heterocycles. The first kappa shape index (κ1) is 35.4. The molecule has 15 heteroatoms. The second-order valence-corrected chi connectivity index (χ2v) is 12.2. The number of halogens is 2. The number of anilines is 2. The summed E-state index contributed by atoms with van der Waals surface area (Å²) >= 11 is 0. The molecule has 0 saturated carbocycles. The molecule has 262 valence electrons. The Hall–Kier alpha value is -5.86. The largest absolute Gasteiger partial charge is 0.491 e. The predicted molar refractivity (Wildman–Crippen MR) is 180 cm³/mol. The first-order valence-corrected chi connectivity index (χ1v) is 15.6. The van der Waals surface area contributed by atoms with Crippen LogP contribution in [0.1, 0.15) is 39.0 Å². The predicted octanol–water partition coefficient (Wildman–Crippen LogP) is 6.11. The zero-order valence-electron chi connectivity index (χ0n) is 28.4. The number of amides is 1. The molecule has 0 radical (unpaired) electrons. The highest BCUT2D eigenvalue weighted by Gasteiger charge is 2.23. The number of methoxy groups -OCH3 is 1. The number of hydrogen-bond donors (Lipinski definition) is 2. The Bertz CT molecular complexity index is 1990. The van der Waals surface area contributed by atoms with Crippen LogP contribution in [0.2, 0.25) is 0 Å². The van der Waals surface area contributed by atoms with E-state index in [0.29, 0.717) is 28.2 Å². The van der Waals surface area contributed by atoms with Gasteiger partial charge in [0.05, 0.1) is 25.4 Å². The number of para-hydroxylation sites is 1.